The lowest BCUT2D eigenvalue weighted by atomic mass is 9.84. The van der Waals surface area contributed by atoms with Crippen LogP contribution >= 0.6 is 12.4 Å². The van der Waals surface area contributed by atoms with E-state index < -0.39 is 17.2 Å². The molecule has 9 nitrogen and oxygen atoms in total. The molecule has 208 valence electrons. The number of ether oxygens (including phenoxy) is 3. The second-order valence-electron chi connectivity index (χ2n) is 9.65. The first-order valence-corrected chi connectivity index (χ1v) is 12.1. The first-order valence-electron chi connectivity index (χ1n) is 12.1. The lowest BCUT2D eigenvalue weighted by Gasteiger charge is -2.25. The van der Waals surface area contributed by atoms with Crippen LogP contribution in [0.1, 0.15) is 61.7 Å². The number of nitrogens with zero attached hydrogens (tertiary/aromatic N) is 1. The number of halogens is 2. The number of methoxy groups -OCH3 is 1. The molecule has 1 aliphatic heterocycles. The first-order chi connectivity index (χ1) is 17.4. The van der Waals surface area contributed by atoms with Gasteiger partial charge >= 0.3 is 5.97 Å². The van der Waals surface area contributed by atoms with Crippen molar-refractivity contribution >= 4 is 35.7 Å². The molecule has 0 spiro atoms. The number of Topliss-reactive ketones (excluding diaryl/α,β-unsaturated/α-hetero) is 1. The number of benzene rings is 2. The molecule has 0 saturated heterocycles. The van der Waals surface area contributed by atoms with Gasteiger partial charge in [0.25, 0.3) is 0 Å². The van der Waals surface area contributed by atoms with Crippen LogP contribution in [0, 0.1) is 11.2 Å². The van der Waals surface area contributed by atoms with Crippen molar-refractivity contribution in [1.82, 2.24) is 4.90 Å². The van der Waals surface area contributed by atoms with Gasteiger partial charge in [0.15, 0.2) is 23.1 Å². The van der Waals surface area contributed by atoms with Gasteiger partial charge in [-0.2, -0.15) is 0 Å². The van der Waals surface area contributed by atoms with Gasteiger partial charge < -0.3 is 29.5 Å². The van der Waals surface area contributed by atoms with E-state index in [2.05, 4.69) is 5.32 Å². The third-order valence-electron chi connectivity index (χ3n) is 5.96. The van der Waals surface area contributed by atoms with E-state index in [-0.39, 0.29) is 67.3 Å². The third kappa shape index (κ3) is 6.30. The molecule has 0 radical (unpaired) electrons. The van der Waals surface area contributed by atoms with E-state index in [1.807, 2.05) is 20.8 Å². The van der Waals surface area contributed by atoms with Crippen LogP contribution in [0.15, 0.2) is 18.2 Å². The van der Waals surface area contributed by atoms with Crippen LogP contribution in [0.25, 0.3) is 0 Å². The van der Waals surface area contributed by atoms with E-state index >= 15 is 4.39 Å². The zero-order valence-electron chi connectivity index (χ0n) is 22.5. The Labute approximate surface area is 228 Å². The molecule has 3 N–H and O–H groups in total. The second-order valence-corrected chi connectivity index (χ2v) is 9.65. The molecule has 0 aliphatic carbocycles. The summed E-state index contributed by atoms with van der Waals surface area (Å²) in [5.74, 6) is -1.47. The predicted molar refractivity (Wildman–Crippen MR) is 145 cm³/mol. The van der Waals surface area contributed by atoms with Gasteiger partial charge in [0.05, 0.1) is 38.1 Å². The molecule has 2 aromatic carbocycles. The van der Waals surface area contributed by atoms with Crippen LogP contribution in [-0.4, -0.2) is 61.0 Å². The molecule has 1 aliphatic rings. The number of carboxylic acids is 1. The molecular weight excluding hydrogens is 517 g/mol. The molecule has 0 atom stereocenters. The fourth-order valence-corrected chi connectivity index (χ4v) is 4.29. The van der Waals surface area contributed by atoms with Crippen molar-refractivity contribution in [3.8, 4) is 17.2 Å². The highest BCUT2D eigenvalue weighted by atomic mass is 35.5. The molecule has 2 aromatic rings. The van der Waals surface area contributed by atoms with Crippen LogP contribution in [-0.2, 0) is 16.8 Å². The Bertz CT molecular complexity index is 1230. The van der Waals surface area contributed by atoms with E-state index in [0.717, 1.165) is 5.56 Å². The summed E-state index contributed by atoms with van der Waals surface area (Å²) >= 11 is 0. The molecule has 0 fully saturated rings. The number of nitrogens with one attached hydrogen (secondary N) is 2. The number of ketones is 1. The highest BCUT2D eigenvalue weighted by Gasteiger charge is 2.33. The van der Waals surface area contributed by atoms with Crippen LogP contribution in [0.5, 0.6) is 17.2 Å². The molecule has 1 heterocycles. The molecular formula is C27H35ClFN3O6. The van der Waals surface area contributed by atoms with E-state index in [4.69, 9.17) is 24.7 Å². The minimum Gasteiger partial charge on any atom is -0.494 e. The number of hydrogen-bond donors (Lipinski definition) is 3. The lowest BCUT2D eigenvalue weighted by molar-refractivity contribution is -0.134. The van der Waals surface area contributed by atoms with Crippen LogP contribution in [0.3, 0.4) is 0 Å². The van der Waals surface area contributed by atoms with Crippen molar-refractivity contribution < 1.29 is 33.3 Å². The van der Waals surface area contributed by atoms with Crippen molar-refractivity contribution in [2.75, 3.05) is 38.7 Å². The number of carboxylic acid groups (broad SMARTS) is 1. The monoisotopic (exact) mass is 551 g/mol. The van der Waals surface area contributed by atoms with Gasteiger partial charge in [-0.05, 0) is 43.0 Å². The van der Waals surface area contributed by atoms with Crippen molar-refractivity contribution in [2.24, 2.45) is 0 Å². The highest BCUT2D eigenvalue weighted by Crippen LogP contribution is 2.40. The summed E-state index contributed by atoms with van der Waals surface area (Å²) in [7, 11) is 1.49. The molecule has 38 heavy (non-hydrogen) atoms. The van der Waals surface area contributed by atoms with Crippen molar-refractivity contribution in [3.63, 3.8) is 0 Å². The van der Waals surface area contributed by atoms with Gasteiger partial charge in [-0.15, -0.1) is 12.4 Å². The zero-order chi connectivity index (χ0) is 27.5. The number of carbonyl (C=O) groups is 2. The smallest absolute Gasteiger partial charge is 0.322 e. The fraction of sp³-hybridized carbons (Fsp3) is 0.444. The Morgan fingerprint density at radius 3 is 2.34 bits per heavy atom. The summed E-state index contributed by atoms with van der Waals surface area (Å²) in [4.78, 5) is 26.1. The Kier molecular flexibility index (Phi) is 9.97. The summed E-state index contributed by atoms with van der Waals surface area (Å²) in [6, 6.07) is 4.93. The number of fused-ring (bicyclic) bond motifs is 1. The molecule has 0 unspecified atom stereocenters. The van der Waals surface area contributed by atoms with Crippen LogP contribution < -0.4 is 19.5 Å². The zero-order valence-corrected chi connectivity index (χ0v) is 23.3. The normalized spacial score (nSPS) is 12.5. The fourth-order valence-electron chi connectivity index (χ4n) is 4.29. The number of aliphatic carboxylic acids is 1. The first kappa shape index (κ1) is 30.7. The van der Waals surface area contributed by atoms with Gasteiger partial charge in [0.2, 0.25) is 0 Å². The van der Waals surface area contributed by atoms with Crippen LogP contribution in [0.4, 0.5) is 10.1 Å². The quantitative estimate of drug-likeness (QED) is 0.338. The van der Waals surface area contributed by atoms with E-state index in [9.17, 15) is 9.59 Å². The van der Waals surface area contributed by atoms with Crippen LogP contribution in [0.2, 0.25) is 0 Å². The molecule has 0 bridgehead atoms. The summed E-state index contributed by atoms with van der Waals surface area (Å²) in [6.07, 6.45) is 0. The number of anilines is 1. The summed E-state index contributed by atoms with van der Waals surface area (Å²) in [5.41, 5.74) is 1.65. The molecule has 0 saturated carbocycles. The summed E-state index contributed by atoms with van der Waals surface area (Å²) < 4.78 is 31.9. The summed E-state index contributed by atoms with van der Waals surface area (Å²) in [6.45, 7) is 9.59. The van der Waals surface area contributed by atoms with Crippen molar-refractivity contribution in [1.29, 1.82) is 5.41 Å². The maximum atomic E-state index is 15.4. The largest absolute Gasteiger partial charge is 0.494 e. The maximum absolute atomic E-state index is 15.4. The van der Waals surface area contributed by atoms with E-state index in [1.165, 1.54) is 12.0 Å². The van der Waals surface area contributed by atoms with Gasteiger partial charge in [-0.1, -0.05) is 20.8 Å². The Balaban J connectivity index is 0.00000507. The third-order valence-corrected chi connectivity index (χ3v) is 5.96. The Morgan fingerprint density at radius 2 is 1.79 bits per heavy atom. The topological polar surface area (TPSA) is 121 Å². The van der Waals surface area contributed by atoms with Crippen molar-refractivity contribution in [2.45, 2.75) is 46.6 Å². The minimum absolute atomic E-state index is 0. The van der Waals surface area contributed by atoms with Gasteiger partial charge in [-0.3, -0.25) is 15.0 Å². The molecule has 3 rings (SSSR count). The number of rotatable bonds is 11. The minimum atomic E-state index is -1.06. The number of carbonyl (C=O) groups excluding carboxylic acids is 1. The Hall–Kier alpha value is -3.53. The average Bonchev–Trinajstić information content (AvgIpc) is 3.13. The van der Waals surface area contributed by atoms with Gasteiger partial charge in [0.1, 0.15) is 18.1 Å². The molecule has 11 heteroatoms. The Morgan fingerprint density at radius 1 is 1.13 bits per heavy atom. The van der Waals surface area contributed by atoms with Gasteiger partial charge in [-0.25, -0.2) is 4.39 Å². The standard InChI is InChI=1S/C27H34FN3O6.ClH/c1-7-36-20-11-16-13-31(26(29)22(16)23(28)25(20)37-8-2)14-19(32)15-9-17(27(3,4)5)24(35-6)18(10-15)30-12-21(33)34;/h9-11,29-30H,7-8,12-14H2,1-6H3,(H,33,34);1H. The van der Waals surface area contributed by atoms with E-state index in [1.54, 1.807) is 32.0 Å². The highest BCUT2D eigenvalue weighted by molar-refractivity contribution is 6.06. The molecule has 0 aromatic heterocycles. The SMILES string of the molecule is CCOc1cc2c(c(F)c1OCC)C(=N)N(CC(=O)c1cc(NCC(=O)O)c(OC)c(C(C)(C)C)c1)C2.Cl. The number of amidine groups is 1. The summed E-state index contributed by atoms with van der Waals surface area (Å²) in [5, 5.41) is 20.5. The maximum Gasteiger partial charge on any atom is 0.322 e. The lowest BCUT2D eigenvalue weighted by Crippen LogP contribution is -2.31. The van der Waals surface area contributed by atoms with Gasteiger partial charge in [0, 0.05) is 17.7 Å². The second kappa shape index (κ2) is 12.3. The number of hydrogen-bond acceptors (Lipinski definition) is 7. The van der Waals surface area contributed by atoms with E-state index in [0.29, 0.717) is 29.2 Å². The van der Waals surface area contributed by atoms with Crippen molar-refractivity contribution in [3.05, 3.63) is 46.3 Å². The average molecular weight is 552 g/mol. The predicted octanol–water partition coefficient (Wildman–Crippen LogP) is 4.87. The molecule has 0 amide bonds.